The van der Waals surface area contributed by atoms with Crippen molar-refractivity contribution in [1.29, 1.82) is 0 Å². The predicted molar refractivity (Wildman–Crippen MR) is 58.2 cm³/mol. The Morgan fingerprint density at radius 2 is 1.86 bits per heavy atom. The summed E-state index contributed by atoms with van der Waals surface area (Å²) in [4.78, 5) is 8.95. The molecule has 0 aromatic heterocycles. The molecule has 1 rings (SSSR count). The van der Waals surface area contributed by atoms with Gasteiger partial charge in [-0.1, -0.05) is 44.2 Å². The van der Waals surface area contributed by atoms with E-state index >= 15 is 0 Å². The molecule has 0 aliphatic carbocycles. The topological polar surface area (TPSA) is 26.3 Å². The standard InChI is InChI=1S/C10H14.C2H4O2/c1-3-9(2)10-7-5-4-6-8-10;1-4-2-3/h4-9H,3H2,1-2H3;2H,1H3. The lowest BCUT2D eigenvalue weighted by Gasteiger charge is -2.06. The maximum Gasteiger partial charge on any atom is 0.292 e. The molecule has 0 N–H and O–H groups in total. The molecule has 2 nitrogen and oxygen atoms in total. The monoisotopic (exact) mass is 194 g/mol. The molecule has 1 aromatic rings. The van der Waals surface area contributed by atoms with Gasteiger partial charge in [0, 0.05) is 0 Å². The van der Waals surface area contributed by atoms with Crippen LogP contribution in [0.5, 0.6) is 0 Å². The quantitative estimate of drug-likeness (QED) is 0.691. The van der Waals surface area contributed by atoms with E-state index in [1.54, 1.807) is 0 Å². The van der Waals surface area contributed by atoms with Crippen LogP contribution in [0.25, 0.3) is 0 Å². The summed E-state index contributed by atoms with van der Waals surface area (Å²) in [7, 11) is 1.31. The summed E-state index contributed by atoms with van der Waals surface area (Å²) in [5.41, 5.74) is 1.45. The molecule has 78 valence electrons. The van der Waals surface area contributed by atoms with Gasteiger partial charge in [-0.25, -0.2) is 0 Å². The Hall–Kier alpha value is -1.31. The highest BCUT2D eigenvalue weighted by Crippen LogP contribution is 2.16. The van der Waals surface area contributed by atoms with Gasteiger partial charge in [0.1, 0.15) is 0 Å². The van der Waals surface area contributed by atoms with Crippen LogP contribution in [0.4, 0.5) is 0 Å². The van der Waals surface area contributed by atoms with Gasteiger partial charge in [-0.3, -0.25) is 4.79 Å². The van der Waals surface area contributed by atoms with Crippen LogP contribution in [-0.4, -0.2) is 13.6 Å². The van der Waals surface area contributed by atoms with Gasteiger partial charge in [-0.05, 0) is 17.9 Å². The maximum atomic E-state index is 8.95. The van der Waals surface area contributed by atoms with Gasteiger partial charge in [0.05, 0.1) is 7.11 Å². The molecule has 0 saturated carbocycles. The third kappa shape index (κ3) is 5.36. The first-order valence-corrected chi connectivity index (χ1v) is 4.77. The predicted octanol–water partition coefficient (Wildman–Crippen LogP) is 2.99. The van der Waals surface area contributed by atoms with Crippen LogP contribution in [0.3, 0.4) is 0 Å². The second-order valence-corrected chi connectivity index (χ2v) is 3.05. The minimum Gasteiger partial charge on any atom is -0.471 e. The lowest BCUT2D eigenvalue weighted by Crippen LogP contribution is -1.88. The molecule has 0 fully saturated rings. The number of hydrogen-bond donors (Lipinski definition) is 0. The summed E-state index contributed by atoms with van der Waals surface area (Å²) in [6.07, 6.45) is 1.23. The Morgan fingerprint density at radius 1 is 1.36 bits per heavy atom. The van der Waals surface area contributed by atoms with E-state index < -0.39 is 0 Å². The summed E-state index contributed by atoms with van der Waals surface area (Å²) in [6, 6.07) is 10.6. The van der Waals surface area contributed by atoms with Crippen LogP contribution in [0.1, 0.15) is 31.7 Å². The number of hydrogen-bond acceptors (Lipinski definition) is 2. The maximum absolute atomic E-state index is 8.95. The van der Waals surface area contributed by atoms with E-state index in [1.807, 2.05) is 0 Å². The second-order valence-electron chi connectivity index (χ2n) is 3.05. The van der Waals surface area contributed by atoms with Crippen LogP contribution in [0.15, 0.2) is 30.3 Å². The van der Waals surface area contributed by atoms with Gasteiger partial charge in [0.25, 0.3) is 6.47 Å². The van der Waals surface area contributed by atoms with Crippen LogP contribution in [-0.2, 0) is 9.53 Å². The molecule has 0 radical (unpaired) electrons. The van der Waals surface area contributed by atoms with Crippen molar-refractivity contribution in [2.45, 2.75) is 26.2 Å². The van der Waals surface area contributed by atoms with Gasteiger partial charge in [-0.2, -0.15) is 0 Å². The second kappa shape index (κ2) is 8.30. The summed E-state index contributed by atoms with van der Waals surface area (Å²) in [5, 5.41) is 0. The average molecular weight is 194 g/mol. The Morgan fingerprint density at radius 3 is 2.21 bits per heavy atom. The first kappa shape index (κ1) is 12.7. The first-order valence-electron chi connectivity index (χ1n) is 4.77. The summed E-state index contributed by atoms with van der Waals surface area (Å²) in [6.45, 7) is 4.85. The molecule has 0 saturated heterocycles. The van der Waals surface area contributed by atoms with Crippen LogP contribution >= 0.6 is 0 Å². The number of ether oxygens (including phenoxy) is 1. The number of benzene rings is 1. The number of carbonyl (C=O) groups is 1. The molecule has 1 unspecified atom stereocenters. The molecule has 0 amide bonds. The summed E-state index contributed by atoms with van der Waals surface area (Å²) >= 11 is 0. The van der Waals surface area contributed by atoms with Crippen LogP contribution < -0.4 is 0 Å². The minimum absolute atomic E-state index is 0.375. The fourth-order valence-corrected chi connectivity index (χ4v) is 1.02. The molecule has 14 heavy (non-hydrogen) atoms. The van der Waals surface area contributed by atoms with Crippen molar-refractivity contribution in [2.24, 2.45) is 0 Å². The number of carbonyl (C=O) groups excluding carboxylic acids is 1. The first-order chi connectivity index (χ1) is 6.76. The van der Waals surface area contributed by atoms with Gasteiger partial charge >= 0.3 is 0 Å². The van der Waals surface area contributed by atoms with E-state index in [9.17, 15) is 0 Å². The van der Waals surface area contributed by atoms with Crippen molar-refractivity contribution in [3.63, 3.8) is 0 Å². The molecular weight excluding hydrogens is 176 g/mol. The smallest absolute Gasteiger partial charge is 0.292 e. The van der Waals surface area contributed by atoms with Crippen molar-refractivity contribution < 1.29 is 9.53 Å². The van der Waals surface area contributed by atoms with Gasteiger partial charge in [0.15, 0.2) is 0 Å². The fourth-order valence-electron chi connectivity index (χ4n) is 1.02. The Kier molecular flexibility index (Phi) is 7.52. The van der Waals surface area contributed by atoms with E-state index in [0.717, 1.165) is 0 Å². The molecule has 0 heterocycles. The minimum atomic E-state index is 0.375. The van der Waals surface area contributed by atoms with Crippen LogP contribution in [0.2, 0.25) is 0 Å². The molecule has 0 aliphatic rings. The largest absolute Gasteiger partial charge is 0.471 e. The number of rotatable bonds is 3. The lowest BCUT2D eigenvalue weighted by atomic mass is 9.99. The zero-order valence-corrected chi connectivity index (χ0v) is 9.07. The fraction of sp³-hybridized carbons (Fsp3) is 0.417. The molecule has 1 atom stereocenters. The molecule has 1 aromatic carbocycles. The molecular formula is C12H18O2. The molecule has 0 spiro atoms. The zero-order valence-electron chi connectivity index (χ0n) is 9.07. The Bertz CT molecular complexity index is 231. The van der Waals surface area contributed by atoms with E-state index in [4.69, 9.17) is 4.79 Å². The number of methoxy groups -OCH3 is 1. The highest BCUT2D eigenvalue weighted by Gasteiger charge is 1.98. The Labute approximate surface area is 85.9 Å². The van der Waals surface area contributed by atoms with E-state index in [-0.39, 0.29) is 0 Å². The van der Waals surface area contributed by atoms with Crippen molar-refractivity contribution in [2.75, 3.05) is 7.11 Å². The van der Waals surface area contributed by atoms with Gasteiger partial charge < -0.3 is 4.74 Å². The van der Waals surface area contributed by atoms with E-state index in [0.29, 0.717) is 12.4 Å². The highest BCUT2D eigenvalue weighted by molar-refractivity contribution is 5.36. The third-order valence-electron chi connectivity index (χ3n) is 2.08. The average Bonchev–Trinajstić information content (AvgIpc) is 2.29. The molecule has 0 bridgehead atoms. The van der Waals surface area contributed by atoms with E-state index in [1.165, 1.54) is 19.1 Å². The highest BCUT2D eigenvalue weighted by atomic mass is 16.5. The van der Waals surface area contributed by atoms with Crippen molar-refractivity contribution in [1.82, 2.24) is 0 Å². The van der Waals surface area contributed by atoms with Gasteiger partial charge in [0.2, 0.25) is 0 Å². The van der Waals surface area contributed by atoms with E-state index in [2.05, 4.69) is 48.9 Å². The van der Waals surface area contributed by atoms with Crippen molar-refractivity contribution >= 4 is 6.47 Å². The molecule has 0 aliphatic heterocycles. The van der Waals surface area contributed by atoms with Crippen molar-refractivity contribution in [3.8, 4) is 0 Å². The lowest BCUT2D eigenvalue weighted by molar-refractivity contribution is -0.126. The summed E-state index contributed by atoms with van der Waals surface area (Å²) < 4.78 is 3.86. The zero-order chi connectivity index (χ0) is 10.8. The SMILES string of the molecule is CCC(C)c1ccccc1.COC=O. The normalized spacial score (nSPS) is 10.8. The molecule has 2 heteroatoms. The van der Waals surface area contributed by atoms with Crippen LogP contribution in [0, 0.1) is 0 Å². The van der Waals surface area contributed by atoms with Crippen molar-refractivity contribution in [3.05, 3.63) is 35.9 Å². The third-order valence-corrected chi connectivity index (χ3v) is 2.08. The van der Waals surface area contributed by atoms with Gasteiger partial charge in [-0.15, -0.1) is 0 Å². The Balaban J connectivity index is 0.000000364. The summed E-state index contributed by atoms with van der Waals surface area (Å²) in [5.74, 6) is 0.709.